The molecule has 2 N–H and O–H groups in total. The van der Waals surface area contributed by atoms with Crippen LogP contribution in [-0.4, -0.2) is 22.7 Å². The second-order valence-corrected chi connectivity index (χ2v) is 5.74. The molecule has 0 aromatic heterocycles. The summed E-state index contributed by atoms with van der Waals surface area (Å²) in [5, 5.41) is 0. The van der Waals surface area contributed by atoms with Gasteiger partial charge in [-0.05, 0) is 28.1 Å². The van der Waals surface area contributed by atoms with Crippen LogP contribution < -0.4 is 5.73 Å². The molecule has 1 aromatic carbocycles. The minimum atomic E-state index is -4.41. The zero-order valence-electron chi connectivity index (χ0n) is 8.71. The van der Waals surface area contributed by atoms with Gasteiger partial charge in [-0.15, -0.1) is 0 Å². The third kappa shape index (κ3) is 4.08. The molecule has 1 rings (SSSR count). The Labute approximate surface area is 108 Å². The van der Waals surface area contributed by atoms with Gasteiger partial charge in [0.15, 0.2) is 0 Å². The lowest BCUT2D eigenvalue weighted by Gasteiger charge is -2.18. The van der Waals surface area contributed by atoms with Crippen molar-refractivity contribution in [1.29, 1.82) is 0 Å². The van der Waals surface area contributed by atoms with Crippen molar-refractivity contribution in [2.45, 2.75) is 11.1 Å². The predicted molar refractivity (Wildman–Crippen MR) is 64.0 cm³/mol. The quantitative estimate of drug-likeness (QED) is 0.922. The molecule has 0 amide bonds. The summed E-state index contributed by atoms with van der Waals surface area (Å²) >= 11 is 3.15. The normalized spacial score (nSPS) is 15.6. The number of hydrogen-bond donors (Lipinski definition) is 1. The van der Waals surface area contributed by atoms with E-state index in [9.17, 15) is 17.4 Å². The van der Waals surface area contributed by atoms with Crippen LogP contribution in [-0.2, 0) is 10.8 Å². The number of halogens is 4. The van der Waals surface area contributed by atoms with E-state index in [0.717, 1.165) is 0 Å². The molecule has 17 heavy (non-hydrogen) atoms. The van der Waals surface area contributed by atoms with E-state index >= 15 is 0 Å². The van der Waals surface area contributed by atoms with Gasteiger partial charge in [-0.3, -0.25) is 4.21 Å². The first-order chi connectivity index (χ1) is 7.86. The standard InChI is InChI=1S/C10H11BrF3NOS/c11-8-3-1-2-4-9(8)17(16)6-7(5-15)10(12,13)14/h1-4,7H,5-6,15H2. The van der Waals surface area contributed by atoms with Crippen molar-refractivity contribution in [1.82, 2.24) is 0 Å². The van der Waals surface area contributed by atoms with Crippen molar-refractivity contribution < 1.29 is 17.4 Å². The van der Waals surface area contributed by atoms with E-state index in [1.165, 1.54) is 6.07 Å². The van der Waals surface area contributed by atoms with E-state index in [1.54, 1.807) is 18.2 Å². The third-order valence-corrected chi connectivity index (χ3v) is 4.69. The van der Waals surface area contributed by atoms with E-state index in [2.05, 4.69) is 15.9 Å². The van der Waals surface area contributed by atoms with Crippen LogP contribution >= 0.6 is 15.9 Å². The molecule has 0 aliphatic heterocycles. The highest BCUT2D eigenvalue weighted by Crippen LogP contribution is 2.28. The van der Waals surface area contributed by atoms with Gasteiger partial charge in [0.1, 0.15) is 0 Å². The Morgan fingerprint density at radius 2 is 1.94 bits per heavy atom. The molecule has 0 fully saturated rings. The van der Waals surface area contributed by atoms with Gasteiger partial charge in [-0.25, -0.2) is 0 Å². The fourth-order valence-corrected chi connectivity index (χ4v) is 3.41. The van der Waals surface area contributed by atoms with Gasteiger partial charge in [0.05, 0.1) is 21.6 Å². The average molecular weight is 330 g/mol. The number of nitrogens with two attached hydrogens (primary N) is 1. The average Bonchev–Trinajstić information content (AvgIpc) is 2.24. The summed E-state index contributed by atoms with van der Waals surface area (Å²) in [6, 6.07) is 6.50. The van der Waals surface area contributed by atoms with E-state index in [-0.39, 0.29) is 0 Å². The second-order valence-electron chi connectivity index (χ2n) is 3.42. The Morgan fingerprint density at radius 3 is 2.41 bits per heavy atom. The van der Waals surface area contributed by atoms with E-state index in [4.69, 9.17) is 5.73 Å². The maximum absolute atomic E-state index is 12.5. The van der Waals surface area contributed by atoms with Crippen molar-refractivity contribution in [2.24, 2.45) is 11.7 Å². The van der Waals surface area contributed by atoms with E-state index in [0.29, 0.717) is 9.37 Å². The highest BCUT2D eigenvalue weighted by molar-refractivity contribution is 9.10. The topological polar surface area (TPSA) is 43.1 Å². The van der Waals surface area contributed by atoms with Crippen LogP contribution in [0.1, 0.15) is 0 Å². The van der Waals surface area contributed by atoms with Gasteiger partial charge >= 0.3 is 6.18 Å². The van der Waals surface area contributed by atoms with Gasteiger partial charge in [0.2, 0.25) is 0 Å². The molecule has 0 saturated heterocycles. The van der Waals surface area contributed by atoms with Crippen LogP contribution in [0.2, 0.25) is 0 Å². The van der Waals surface area contributed by atoms with Gasteiger partial charge < -0.3 is 5.73 Å². The minimum absolute atomic E-state index is 0.357. The van der Waals surface area contributed by atoms with Gasteiger partial charge in [-0.1, -0.05) is 12.1 Å². The van der Waals surface area contributed by atoms with Crippen LogP contribution in [0, 0.1) is 5.92 Å². The molecule has 0 aliphatic carbocycles. The Kier molecular flexibility index (Phi) is 5.15. The molecule has 0 aliphatic rings. The summed E-state index contributed by atoms with van der Waals surface area (Å²) < 4.78 is 49.8. The number of alkyl halides is 3. The summed E-state index contributed by atoms with van der Waals surface area (Å²) in [7, 11) is -1.72. The van der Waals surface area contributed by atoms with Crippen LogP contribution in [0.4, 0.5) is 13.2 Å². The molecule has 2 atom stereocenters. The van der Waals surface area contributed by atoms with E-state index in [1.807, 2.05) is 0 Å². The van der Waals surface area contributed by atoms with Gasteiger partial charge in [0.25, 0.3) is 0 Å². The fourth-order valence-electron chi connectivity index (χ4n) is 1.20. The molecule has 0 spiro atoms. The Hall–Kier alpha value is -0.400. The molecule has 2 unspecified atom stereocenters. The number of benzene rings is 1. The highest BCUT2D eigenvalue weighted by Gasteiger charge is 2.39. The third-order valence-electron chi connectivity index (χ3n) is 2.18. The lowest BCUT2D eigenvalue weighted by molar-refractivity contribution is -0.165. The SMILES string of the molecule is NCC(CS(=O)c1ccccc1Br)C(F)(F)F. The lowest BCUT2D eigenvalue weighted by atomic mass is 10.2. The first kappa shape index (κ1) is 14.7. The van der Waals surface area contributed by atoms with Crippen molar-refractivity contribution >= 4 is 26.7 Å². The molecule has 0 radical (unpaired) electrons. The molecule has 2 nitrogen and oxygen atoms in total. The Balaban J connectivity index is 2.83. The minimum Gasteiger partial charge on any atom is -0.330 e. The Bertz CT molecular complexity index is 411. The molecule has 0 bridgehead atoms. The van der Waals surface area contributed by atoms with Crippen LogP contribution in [0.25, 0.3) is 0 Å². The van der Waals surface area contributed by atoms with Crippen LogP contribution in [0.15, 0.2) is 33.6 Å². The Morgan fingerprint density at radius 1 is 1.35 bits per heavy atom. The second kappa shape index (κ2) is 5.97. The maximum Gasteiger partial charge on any atom is 0.393 e. The zero-order valence-corrected chi connectivity index (χ0v) is 11.1. The fraction of sp³-hybridized carbons (Fsp3) is 0.400. The van der Waals surface area contributed by atoms with E-state index < -0.39 is 35.2 Å². The van der Waals surface area contributed by atoms with Gasteiger partial charge in [-0.2, -0.15) is 13.2 Å². The molecular weight excluding hydrogens is 319 g/mol. The molecular formula is C10H11BrF3NOS. The summed E-state index contributed by atoms with van der Waals surface area (Å²) in [4.78, 5) is 0.357. The van der Waals surface area contributed by atoms with Crippen molar-refractivity contribution in [3.8, 4) is 0 Å². The first-order valence-electron chi connectivity index (χ1n) is 4.76. The summed E-state index contributed by atoms with van der Waals surface area (Å²) in [6.07, 6.45) is -4.41. The maximum atomic E-state index is 12.5. The summed E-state index contributed by atoms with van der Waals surface area (Å²) in [5.74, 6) is -2.25. The van der Waals surface area contributed by atoms with Gasteiger partial charge in [0, 0.05) is 16.8 Å². The van der Waals surface area contributed by atoms with Crippen molar-refractivity contribution in [3.63, 3.8) is 0 Å². The van der Waals surface area contributed by atoms with Crippen molar-refractivity contribution in [3.05, 3.63) is 28.7 Å². The molecule has 7 heteroatoms. The molecule has 96 valence electrons. The van der Waals surface area contributed by atoms with Crippen LogP contribution in [0.5, 0.6) is 0 Å². The monoisotopic (exact) mass is 329 g/mol. The summed E-state index contributed by atoms with van der Waals surface area (Å²) in [6.45, 7) is -0.556. The van der Waals surface area contributed by atoms with Crippen LogP contribution in [0.3, 0.4) is 0 Å². The predicted octanol–water partition coefficient (Wildman–Crippen LogP) is 2.69. The smallest absolute Gasteiger partial charge is 0.330 e. The zero-order chi connectivity index (χ0) is 13.1. The first-order valence-corrected chi connectivity index (χ1v) is 6.87. The highest BCUT2D eigenvalue weighted by atomic mass is 79.9. The summed E-state index contributed by atoms with van der Waals surface area (Å²) in [5.41, 5.74) is 5.06. The lowest BCUT2D eigenvalue weighted by Crippen LogP contribution is -2.34. The number of rotatable bonds is 4. The molecule has 0 heterocycles. The van der Waals surface area contributed by atoms with Crippen molar-refractivity contribution in [2.75, 3.05) is 12.3 Å². The molecule has 1 aromatic rings. The largest absolute Gasteiger partial charge is 0.393 e. The number of hydrogen-bond acceptors (Lipinski definition) is 2. The molecule has 0 saturated carbocycles.